The van der Waals surface area contributed by atoms with E-state index in [1.807, 2.05) is 26.0 Å². The molecule has 0 fully saturated rings. The summed E-state index contributed by atoms with van der Waals surface area (Å²) in [6.45, 7) is 4.03. The average molecular weight is 207 g/mol. The molecule has 0 spiro atoms. The maximum atomic E-state index is 10.4. The SMILES string of the molecule is Cc1cc(C)cc(C(N)CCC(=O)O)c1. The zero-order chi connectivity index (χ0) is 11.4. The molecular formula is C12H17NO2. The molecule has 0 aliphatic heterocycles. The van der Waals surface area contributed by atoms with Gasteiger partial charge in [-0.2, -0.15) is 0 Å². The van der Waals surface area contributed by atoms with Gasteiger partial charge in [0.25, 0.3) is 0 Å². The van der Waals surface area contributed by atoms with E-state index < -0.39 is 5.97 Å². The molecule has 3 N–H and O–H groups in total. The second-order valence-corrected chi connectivity index (χ2v) is 3.96. The van der Waals surface area contributed by atoms with Crippen molar-refractivity contribution in [3.05, 3.63) is 34.9 Å². The monoisotopic (exact) mass is 207 g/mol. The third-order valence-corrected chi connectivity index (χ3v) is 2.34. The molecule has 1 aromatic rings. The number of benzene rings is 1. The Morgan fingerprint density at radius 2 is 1.87 bits per heavy atom. The Kier molecular flexibility index (Phi) is 3.86. The van der Waals surface area contributed by atoms with Crippen molar-refractivity contribution in [3.8, 4) is 0 Å². The number of carboxylic acid groups (broad SMARTS) is 1. The Morgan fingerprint density at radius 1 is 1.33 bits per heavy atom. The van der Waals surface area contributed by atoms with Crippen molar-refractivity contribution in [1.29, 1.82) is 0 Å². The number of rotatable bonds is 4. The van der Waals surface area contributed by atoms with E-state index in [9.17, 15) is 4.79 Å². The summed E-state index contributed by atoms with van der Waals surface area (Å²) in [6, 6.07) is 5.92. The molecule has 0 bridgehead atoms. The minimum atomic E-state index is -0.796. The molecule has 3 heteroatoms. The molecule has 3 nitrogen and oxygen atoms in total. The van der Waals surface area contributed by atoms with Crippen LogP contribution in [0.2, 0.25) is 0 Å². The van der Waals surface area contributed by atoms with Gasteiger partial charge < -0.3 is 10.8 Å². The van der Waals surface area contributed by atoms with Crippen LogP contribution >= 0.6 is 0 Å². The van der Waals surface area contributed by atoms with Gasteiger partial charge in [0.15, 0.2) is 0 Å². The number of aliphatic carboxylic acids is 1. The summed E-state index contributed by atoms with van der Waals surface area (Å²) in [5.74, 6) is -0.796. The van der Waals surface area contributed by atoms with Crippen LogP contribution in [0.3, 0.4) is 0 Å². The fraction of sp³-hybridized carbons (Fsp3) is 0.417. The first-order valence-electron chi connectivity index (χ1n) is 5.04. The minimum absolute atomic E-state index is 0.119. The maximum Gasteiger partial charge on any atom is 0.303 e. The maximum absolute atomic E-state index is 10.4. The summed E-state index contributed by atoms with van der Waals surface area (Å²) < 4.78 is 0. The molecule has 82 valence electrons. The summed E-state index contributed by atoms with van der Waals surface area (Å²) in [4.78, 5) is 10.4. The van der Waals surface area contributed by atoms with E-state index in [1.54, 1.807) is 0 Å². The first kappa shape index (κ1) is 11.7. The van der Waals surface area contributed by atoms with Gasteiger partial charge in [-0.25, -0.2) is 0 Å². The largest absolute Gasteiger partial charge is 0.481 e. The molecule has 1 aromatic carbocycles. The highest BCUT2D eigenvalue weighted by atomic mass is 16.4. The summed E-state index contributed by atoms with van der Waals surface area (Å²) in [7, 11) is 0. The number of hydrogen-bond acceptors (Lipinski definition) is 2. The lowest BCUT2D eigenvalue weighted by atomic mass is 9.99. The van der Waals surface area contributed by atoms with Crippen LogP contribution < -0.4 is 5.73 Å². The van der Waals surface area contributed by atoms with Gasteiger partial charge in [-0.3, -0.25) is 4.79 Å². The molecule has 0 heterocycles. The zero-order valence-corrected chi connectivity index (χ0v) is 9.16. The smallest absolute Gasteiger partial charge is 0.303 e. The topological polar surface area (TPSA) is 63.3 Å². The fourth-order valence-corrected chi connectivity index (χ4v) is 1.67. The van der Waals surface area contributed by atoms with E-state index in [2.05, 4.69) is 6.07 Å². The predicted octanol–water partition coefficient (Wildman–Crippen LogP) is 2.17. The van der Waals surface area contributed by atoms with Crippen LogP contribution in [0.1, 0.15) is 35.6 Å². The van der Waals surface area contributed by atoms with Gasteiger partial charge in [-0.15, -0.1) is 0 Å². The van der Waals surface area contributed by atoms with Crippen LogP contribution in [0.4, 0.5) is 0 Å². The molecule has 0 saturated carbocycles. The molecular weight excluding hydrogens is 190 g/mol. The van der Waals surface area contributed by atoms with Gasteiger partial charge in [-0.05, 0) is 25.8 Å². The summed E-state index contributed by atoms with van der Waals surface area (Å²) in [6.07, 6.45) is 0.604. The standard InChI is InChI=1S/C12H17NO2/c1-8-5-9(2)7-10(6-8)11(13)3-4-12(14)15/h5-7,11H,3-4,13H2,1-2H3,(H,14,15). The second kappa shape index (κ2) is 4.94. The van der Waals surface area contributed by atoms with Crippen molar-refractivity contribution < 1.29 is 9.90 Å². The van der Waals surface area contributed by atoms with Crippen LogP contribution in [0, 0.1) is 13.8 Å². The van der Waals surface area contributed by atoms with Gasteiger partial charge in [0, 0.05) is 12.5 Å². The highest BCUT2D eigenvalue weighted by Crippen LogP contribution is 2.18. The molecule has 1 unspecified atom stereocenters. The summed E-state index contributed by atoms with van der Waals surface area (Å²) in [5, 5.41) is 8.56. The van der Waals surface area contributed by atoms with Crippen molar-refractivity contribution in [2.24, 2.45) is 5.73 Å². The van der Waals surface area contributed by atoms with Gasteiger partial charge in [0.2, 0.25) is 0 Å². The number of carbonyl (C=O) groups is 1. The molecule has 1 rings (SSSR count). The molecule has 0 aliphatic rings. The minimum Gasteiger partial charge on any atom is -0.481 e. The van der Waals surface area contributed by atoms with Crippen LogP contribution in [-0.2, 0) is 4.79 Å². The van der Waals surface area contributed by atoms with Crippen molar-refractivity contribution in [1.82, 2.24) is 0 Å². The Hall–Kier alpha value is -1.35. The third-order valence-electron chi connectivity index (χ3n) is 2.34. The number of aryl methyl sites for hydroxylation is 2. The number of nitrogens with two attached hydrogens (primary N) is 1. The quantitative estimate of drug-likeness (QED) is 0.795. The predicted molar refractivity (Wildman–Crippen MR) is 59.7 cm³/mol. The lowest BCUT2D eigenvalue weighted by Crippen LogP contribution is -2.12. The van der Waals surface area contributed by atoms with Gasteiger partial charge in [0.1, 0.15) is 0 Å². The van der Waals surface area contributed by atoms with E-state index in [0.29, 0.717) is 6.42 Å². The van der Waals surface area contributed by atoms with E-state index in [1.165, 1.54) is 0 Å². The van der Waals surface area contributed by atoms with E-state index in [4.69, 9.17) is 10.8 Å². The highest BCUT2D eigenvalue weighted by Gasteiger charge is 2.08. The Morgan fingerprint density at radius 3 is 2.33 bits per heavy atom. The van der Waals surface area contributed by atoms with Crippen molar-refractivity contribution in [3.63, 3.8) is 0 Å². The summed E-state index contributed by atoms with van der Waals surface area (Å²) in [5.41, 5.74) is 9.27. The molecule has 1 atom stereocenters. The first-order valence-corrected chi connectivity index (χ1v) is 5.04. The molecule has 15 heavy (non-hydrogen) atoms. The Labute approximate surface area is 89.9 Å². The lowest BCUT2D eigenvalue weighted by molar-refractivity contribution is -0.137. The summed E-state index contributed by atoms with van der Waals surface area (Å²) >= 11 is 0. The van der Waals surface area contributed by atoms with Crippen molar-refractivity contribution in [2.45, 2.75) is 32.7 Å². The Balaban J connectivity index is 2.72. The van der Waals surface area contributed by atoms with E-state index in [-0.39, 0.29) is 12.5 Å². The van der Waals surface area contributed by atoms with Crippen LogP contribution in [0.5, 0.6) is 0 Å². The van der Waals surface area contributed by atoms with Crippen molar-refractivity contribution >= 4 is 5.97 Å². The highest BCUT2D eigenvalue weighted by molar-refractivity contribution is 5.66. The number of carboxylic acids is 1. The van der Waals surface area contributed by atoms with Gasteiger partial charge in [0.05, 0.1) is 0 Å². The molecule has 0 aliphatic carbocycles. The zero-order valence-electron chi connectivity index (χ0n) is 9.16. The molecule has 0 saturated heterocycles. The third kappa shape index (κ3) is 3.72. The average Bonchev–Trinajstić information content (AvgIpc) is 2.12. The van der Waals surface area contributed by atoms with Crippen LogP contribution in [0.25, 0.3) is 0 Å². The van der Waals surface area contributed by atoms with E-state index in [0.717, 1.165) is 16.7 Å². The van der Waals surface area contributed by atoms with Crippen molar-refractivity contribution in [2.75, 3.05) is 0 Å². The number of hydrogen-bond donors (Lipinski definition) is 2. The van der Waals surface area contributed by atoms with Gasteiger partial charge >= 0.3 is 5.97 Å². The Bertz CT molecular complexity index is 340. The normalized spacial score (nSPS) is 12.5. The van der Waals surface area contributed by atoms with Gasteiger partial charge in [-0.1, -0.05) is 29.3 Å². The molecule has 0 amide bonds. The molecule has 0 radical (unpaired) electrons. The van der Waals surface area contributed by atoms with E-state index >= 15 is 0 Å². The van der Waals surface area contributed by atoms with Crippen LogP contribution in [0.15, 0.2) is 18.2 Å². The molecule has 0 aromatic heterocycles. The first-order chi connectivity index (χ1) is 6.99. The van der Waals surface area contributed by atoms with Crippen LogP contribution in [-0.4, -0.2) is 11.1 Å². The fourth-order valence-electron chi connectivity index (χ4n) is 1.67. The lowest BCUT2D eigenvalue weighted by Gasteiger charge is -2.12. The second-order valence-electron chi connectivity index (χ2n) is 3.96.